The van der Waals surface area contributed by atoms with E-state index >= 15 is 0 Å². The summed E-state index contributed by atoms with van der Waals surface area (Å²) in [6.45, 7) is 2.08. The molecule has 2 amide bonds. The van der Waals surface area contributed by atoms with Gasteiger partial charge in [-0.05, 0) is 42.9 Å². The Morgan fingerprint density at radius 3 is 2.56 bits per heavy atom. The van der Waals surface area contributed by atoms with Crippen molar-refractivity contribution in [1.29, 1.82) is 0 Å². The number of amides is 2. The highest BCUT2D eigenvalue weighted by molar-refractivity contribution is 5.96. The van der Waals surface area contributed by atoms with Gasteiger partial charge in [0, 0.05) is 25.3 Å². The van der Waals surface area contributed by atoms with Crippen LogP contribution in [0.3, 0.4) is 0 Å². The summed E-state index contributed by atoms with van der Waals surface area (Å²) < 4.78 is 0. The van der Waals surface area contributed by atoms with Crippen molar-refractivity contribution in [3.05, 3.63) is 65.7 Å². The van der Waals surface area contributed by atoms with Crippen LogP contribution in [-0.2, 0) is 22.4 Å². The summed E-state index contributed by atoms with van der Waals surface area (Å²) in [5.74, 6) is 0.210. The van der Waals surface area contributed by atoms with E-state index < -0.39 is 0 Å². The van der Waals surface area contributed by atoms with E-state index in [9.17, 15) is 9.59 Å². The molecule has 2 aliphatic heterocycles. The van der Waals surface area contributed by atoms with Crippen molar-refractivity contribution >= 4 is 17.5 Å². The summed E-state index contributed by atoms with van der Waals surface area (Å²) in [4.78, 5) is 29.8. The predicted octanol–water partition coefficient (Wildman–Crippen LogP) is 3.45. The molecule has 0 aliphatic carbocycles. The van der Waals surface area contributed by atoms with Crippen molar-refractivity contribution in [2.75, 3.05) is 24.5 Å². The Hall–Kier alpha value is -2.62. The first-order valence-corrected chi connectivity index (χ1v) is 9.93. The number of likely N-dealkylation sites (tertiary alicyclic amines) is 1. The molecule has 27 heavy (non-hydrogen) atoms. The molecular weight excluding hydrogens is 336 g/mol. The number of carbonyl (C=O) groups is 2. The van der Waals surface area contributed by atoms with Crippen LogP contribution in [0.4, 0.5) is 5.69 Å². The van der Waals surface area contributed by atoms with E-state index in [0.717, 1.165) is 50.0 Å². The molecule has 1 fully saturated rings. The second kappa shape index (κ2) is 7.95. The van der Waals surface area contributed by atoms with Crippen LogP contribution in [0.25, 0.3) is 0 Å². The molecule has 0 aromatic heterocycles. The van der Waals surface area contributed by atoms with Crippen LogP contribution in [0.1, 0.15) is 30.4 Å². The van der Waals surface area contributed by atoms with Crippen LogP contribution in [0.2, 0.25) is 0 Å². The fourth-order valence-electron chi connectivity index (χ4n) is 4.27. The first-order valence-electron chi connectivity index (χ1n) is 9.93. The molecule has 2 heterocycles. The molecule has 2 aromatic carbocycles. The number of hydrogen-bond donors (Lipinski definition) is 0. The third-order valence-corrected chi connectivity index (χ3v) is 5.70. The lowest BCUT2D eigenvalue weighted by Gasteiger charge is -2.37. The number of nitrogens with zero attached hydrogens (tertiary/aromatic N) is 2. The highest BCUT2D eigenvalue weighted by atomic mass is 16.2. The molecule has 4 heteroatoms. The van der Waals surface area contributed by atoms with Crippen LogP contribution < -0.4 is 4.90 Å². The SMILES string of the molecule is O=C(Cc1ccccc1)N1CCC[C@H](C(=O)N2CCCc3ccccc32)C1. The average molecular weight is 362 g/mol. The lowest BCUT2D eigenvalue weighted by molar-refractivity contribution is -0.134. The number of piperidine rings is 1. The molecule has 0 radical (unpaired) electrons. The van der Waals surface area contributed by atoms with Crippen LogP contribution in [0.5, 0.6) is 0 Å². The standard InChI is InChI=1S/C23H26N2O2/c26-22(16-18-8-2-1-3-9-18)24-14-6-12-20(17-24)23(27)25-15-7-11-19-10-4-5-13-21(19)25/h1-5,8-10,13,20H,6-7,11-12,14-17H2/t20-/m0/s1. The van der Waals surface area contributed by atoms with Crippen molar-refractivity contribution < 1.29 is 9.59 Å². The Morgan fingerprint density at radius 1 is 0.926 bits per heavy atom. The Bertz CT molecular complexity index is 818. The van der Waals surface area contributed by atoms with Gasteiger partial charge in [-0.15, -0.1) is 0 Å². The van der Waals surface area contributed by atoms with Gasteiger partial charge < -0.3 is 9.80 Å². The Morgan fingerprint density at radius 2 is 1.70 bits per heavy atom. The number of aryl methyl sites for hydroxylation is 1. The number of hydrogen-bond acceptors (Lipinski definition) is 2. The first kappa shape index (κ1) is 17.8. The zero-order valence-electron chi connectivity index (χ0n) is 15.6. The minimum atomic E-state index is -0.0929. The summed E-state index contributed by atoms with van der Waals surface area (Å²) in [5, 5.41) is 0. The molecule has 0 saturated carbocycles. The number of rotatable bonds is 3. The first-order chi connectivity index (χ1) is 13.2. The molecule has 2 aliphatic rings. The van der Waals surface area contributed by atoms with Gasteiger partial charge in [0.2, 0.25) is 11.8 Å². The quantitative estimate of drug-likeness (QED) is 0.839. The smallest absolute Gasteiger partial charge is 0.231 e. The largest absolute Gasteiger partial charge is 0.342 e. The van der Waals surface area contributed by atoms with Crippen LogP contribution in [0.15, 0.2) is 54.6 Å². The van der Waals surface area contributed by atoms with Crippen molar-refractivity contribution in [1.82, 2.24) is 4.90 Å². The molecule has 0 spiro atoms. The Labute approximate surface area is 160 Å². The van der Waals surface area contributed by atoms with E-state index in [0.29, 0.717) is 13.0 Å². The molecule has 4 rings (SSSR count). The summed E-state index contributed by atoms with van der Waals surface area (Å²) in [6, 6.07) is 18.0. The van der Waals surface area contributed by atoms with Crippen molar-refractivity contribution in [3.63, 3.8) is 0 Å². The summed E-state index contributed by atoms with van der Waals surface area (Å²) in [6.07, 6.45) is 4.21. The molecule has 1 saturated heterocycles. The van der Waals surface area contributed by atoms with Gasteiger partial charge in [0.15, 0.2) is 0 Å². The Balaban J connectivity index is 1.44. The topological polar surface area (TPSA) is 40.6 Å². The van der Waals surface area contributed by atoms with E-state index in [4.69, 9.17) is 0 Å². The van der Waals surface area contributed by atoms with Crippen molar-refractivity contribution in [2.24, 2.45) is 5.92 Å². The maximum Gasteiger partial charge on any atom is 0.231 e. The predicted molar refractivity (Wildman–Crippen MR) is 107 cm³/mol. The van der Waals surface area contributed by atoms with E-state index in [1.54, 1.807) is 0 Å². The lowest BCUT2D eigenvalue weighted by atomic mass is 9.93. The monoisotopic (exact) mass is 362 g/mol. The van der Waals surface area contributed by atoms with E-state index in [2.05, 4.69) is 6.07 Å². The molecule has 0 N–H and O–H groups in total. The molecular formula is C23H26N2O2. The summed E-state index contributed by atoms with van der Waals surface area (Å²) >= 11 is 0. The van der Waals surface area contributed by atoms with Gasteiger partial charge in [-0.1, -0.05) is 48.5 Å². The zero-order valence-corrected chi connectivity index (χ0v) is 15.6. The van der Waals surface area contributed by atoms with Gasteiger partial charge in [-0.25, -0.2) is 0 Å². The molecule has 2 aromatic rings. The summed E-state index contributed by atoms with van der Waals surface area (Å²) in [5.41, 5.74) is 3.34. The third kappa shape index (κ3) is 3.90. The molecule has 1 atom stereocenters. The van der Waals surface area contributed by atoms with Gasteiger partial charge in [0.05, 0.1) is 12.3 Å². The van der Waals surface area contributed by atoms with Gasteiger partial charge >= 0.3 is 0 Å². The fourth-order valence-corrected chi connectivity index (χ4v) is 4.27. The molecule has 140 valence electrons. The zero-order chi connectivity index (χ0) is 18.6. The summed E-state index contributed by atoms with van der Waals surface area (Å²) in [7, 11) is 0. The normalized spacial score (nSPS) is 19.5. The number of carbonyl (C=O) groups excluding carboxylic acids is 2. The second-order valence-corrected chi connectivity index (χ2v) is 7.56. The third-order valence-electron chi connectivity index (χ3n) is 5.70. The van der Waals surface area contributed by atoms with E-state index in [1.165, 1.54) is 5.56 Å². The molecule has 0 unspecified atom stereocenters. The highest BCUT2D eigenvalue weighted by Crippen LogP contribution is 2.30. The van der Waals surface area contributed by atoms with Crippen molar-refractivity contribution in [3.8, 4) is 0 Å². The maximum absolute atomic E-state index is 13.2. The highest BCUT2D eigenvalue weighted by Gasteiger charge is 2.33. The van der Waals surface area contributed by atoms with Gasteiger partial charge in [-0.3, -0.25) is 9.59 Å². The minimum absolute atomic E-state index is 0.0929. The van der Waals surface area contributed by atoms with Gasteiger partial charge in [-0.2, -0.15) is 0 Å². The minimum Gasteiger partial charge on any atom is -0.342 e. The molecule has 0 bridgehead atoms. The van der Waals surface area contributed by atoms with Crippen LogP contribution >= 0.6 is 0 Å². The molecule has 4 nitrogen and oxygen atoms in total. The van der Waals surface area contributed by atoms with Crippen LogP contribution in [0, 0.1) is 5.92 Å². The Kier molecular flexibility index (Phi) is 5.23. The van der Waals surface area contributed by atoms with Gasteiger partial charge in [0.25, 0.3) is 0 Å². The van der Waals surface area contributed by atoms with E-state index in [-0.39, 0.29) is 17.7 Å². The second-order valence-electron chi connectivity index (χ2n) is 7.56. The van der Waals surface area contributed by atoms with Gasteiger partial charge in [0.1, 0.15) is 0 Å². The average Bonchev–Trinajstić information content (AvgIpc) is 2.73. The number of fused-ring (bicyclic) bond motifs is 1. The number of anilines is 1. The maximum atomic E-state index is 13.2. The number of benzene rings is 2. The van der Waals surface area contributed by atoms with Crippen LogP contribution in [-0.4, -0.2) is 36.3 Å². The van der Waals surface area contributed by atoms with Crippen molar-refractivity contribution in [2.45, 2.75) is 32.1 Å². The lowest BCUT2D eigenvalue weighted by Crippen LogP contribution is -2.48. The van der Waals surface area contributed by atoms with E-state index in [1.807, 2.05) is 58.3 Å². The fraction of sp³-hybridized carbons (Fsp3) is 0.391. The number of para-hydroxylation sites is 1.